The number of ether oxygens (including phenoxy) is 1. The average molecular weight is 531 g/mol. The summed E-state index contributed by atoms with van der Waals surface area (Å²) in [6.07, 6.45) is 2.55. The summed E-state index contributed by atoms with van der Waals surface area (Å²) in [5, 5.41) is 0. The van der Waals surface area contributed by atoms with Crippen LogP contribution in [-0.2, 0) is 16.0 Å². The molecule has 32 heavy (non-hydrogen) atoms. The predicted molar refractivity (Wildman–Crippen MR) is 137 cm³/mol. The average Bonchev–Trinajstić information content (AvgIpc) is 3.22. The van der Waals surface area contributed by atoms with E-state index < -0.39 is 0 Å². The van der Waals surface area contributed by atoms with Crippen LogP contribution in [0.5, 0.6) is 5.75 Å². The first-order chi connectivity index (χ1) is 15.4. The zero-order chi connectivity index (χ0) is 22.8. The standard InChI is InChI=1S/C24H23BrN2O3S2/c1-3-4-12-26-19-10-7-16(25)14-18(19)20(22(26)28)21-23(29)27(24(31)32-21)13-11-15-5-8-17(30-2)9-6-15/h5-10,14H,3-4,11-13H2,1-2H3. The van der Waals surface area contributed by atoms with Crippen LogP contribution in [0.2, 0.25) is 0 Å². The van der Waals surface area contributed by atoms with Gasteiger partial charge in [0, 0.05) is 23.1 Å². The van der Waals surface area contributed by atoms with Crippen molar-refractivity contribution in [3.05, 3.63) is 63.0 Å². The molecule has 0 atom stereocenters. The Hall–Kier alpha value is -2.16. The van der Waals surface area contributed by atoms with Gasteiger partial charge >= 0.3 is 0 Å². The maximum atomic E-state index is 13.4. The highest BCUT2D eigenvalue weighted by molar-refractivity contribution is 9.10. The van der Waals surface area contributed by atoms with Gasteiger partial charge in [-0.3, -0.25) is 14.5 Å². The van der Waals surface area contributed by atoms with E-state index in [2.05, 4.69) is 22.9 Å². The number of unbranched alkanes of at least 4 members (excludes halogenated alkanes) is 1. The maximum Gasteiger partial charge on any atom is 0.267 e. The Kier molecular flexibility index (Phi) is 7.02. The van der Waals surface area contributed by atoms with E-state index in [1.807, 2.05) is 42.5 Å². The van der Waals surface area contributed by atoms with Crippen molar-refractivity contribution in [3.8, 4) is 5.75 Å². The SMILES string of the molecule is CCCCN1C(=O)C(=C2SC(=S)N(CCc3ccc(OC)cc3)C2=O)c2cc(Br)ccc21. The molecule has 0 spiro atoms. The third kappa shape index (κ3) is 4.36. The number of thioether (sulfide) groups is 1. The van der Waals surface area contributed by atoms with Gasteiger partial charge in [0.1, 0.15) is 10.1 Å². The van der Waals surface area contributed by atoms with E-state index in [1.165, 1.54) is 11.8 Å². The van der Waals surface area contributed by atoms with Gasteiger partial charge < -0.3 is 9.64 Å². The maximum absolute atomic E-state index is 13.4. The van der Waals surface area contributed by atoms with E-state index in [9.17, 15) is 9.59 Å². The normalized spacial score (nSPS) is 18.0. The van der Waals surface area contributed by atoms with E-state index in [0.717, 1.165) is 39.9 Å². The molecule has 0 radical (unpaired) electrons. The number of benzene rings is 2. The van der Waals surface area contributed by atoms with Gasteiger partial charge in [-0.05, 0) is 48.7 Å². The number of fused-ring (bicyclic) bond motifs is 1. The molecule has 0 bridgehead atoms. The van der Waals surface area contributed by atoms with Crippen molar-refractivity contribution in [2.24, 2.45) is 0 Å². The molecule has 166 valence electrons. The van der Waals surface area contributed by atoms with Crippen LogP contribution in [0.1, 0.15) is 30.9 Å². The fourth-order valence-corrected chi connectivity index (χ4v) is 5.58. The summed E-state index contributed by atoms with van der Waals surface area (Å²) in [6, 6.07) is 13.5. The van der Waals surface area contributed by atoms with Gasteiger partial charge in [0.2, 0.25) is 0 Å². The Morgan fingerprint density at radius 3 is 2.47 bits per heavy atom. The quantitative estimate of drug-likeness (QED) is 0.353. The van der Waals surface area contributed by atoms with Crippen LogP contribution in [0.15, 0.2) is 51.8 Å². The summed E-state index contributed by atoms with van der Waals surface area (Å²) in [6.45, 7) is 3.19. The van der Waals surface area contributed by atoms with Gasteiger partial charge in [-0.2, -0.15) is 0 Å². The number of hydrogen-bond acceptors (Lipinski definition) is 5. The molecule has 8 heteroatoms. The largest absolute Gasteiger partial charge is 0.497 e. The van der Waals surface area contributed by atoms with E-state index >= 15 is 0 Å². The molecule has 4 rings (SSSR count). The molecule has 0 aliphatic carbocycles. The lowest BCUT2D eigenvalue weighted by Gasteiger charge is -2.16. The summed E-state index contributed by atoms with van der Waals surface area (Å²) in [4.78, 5) is 30.5. The van der Waals surface area contributed by atoms with Crippen LogP contribution in [0.4, 0.5) is 5.69 Å². The van der Waals surface area contributed by atoms with Crippen LogP contribution < -0.4 is 9.64 Å². The molecular formula is C24H23BrN2O3S2. The topological polar surface area (TPSA) is 49.9 Å². The lowest BCUT2D eigenvalue weighted by atomic mass is 10.1. The van der Waals surface area contributed by atoms with E-state index in [0.29, 0.717) is 34.3 Å². The predicted octanol–water partition coefficient (Wildman–Crippen LogP) is 5.42. The molecule has 0 unspecified atom stereocenters. The minimum atomic E-state index is -0.194. The first-order valence-corrected chi connectivity index (χ1v) is 12.5. The summed E-state index contributed by atoms with van der Waals surface area (Å²) < 4.78 is 6.56. The van der Waals surface area contributed by atoms with Gasteiger partial charge in [-0.15, -0.1) is 0 Å². The number of carbonyl (C=O) groups is 2. The monoisotopic (exact) mass is 530 g/mol. The van der Waals surface area contributed by atoms with E-state index in [-0.39, 0.29) is 11.8 Å². The highest BCUT2D eigenvalue weighted by Crippen LogP contribution is 2.45. The lowest BCUT2D eigenvalue weighted by molar-refractivity contribution is -0.122. The highest BCUT2D eigenvalue weighted by atomic mass is 79.9. The minimum Gasteiger partial charge on any atom is -0.497 e. The van der Waals surface area contributed by atoms with Crippen LogP contribution >= 0.6 is 39.9 Å². The first kappa shape index (κ1) is 23.0. The van der Waals surface area contributed by atoms with Crippen molar-refractivity contribution in [1.29, 1.82) is 0 Å². The molecule has 2 heterocycles. The second kappa shape index (κ2) is 9.77. The number of hydrogen-bond donors (Lipinski definition) is 0. The van der Waals surface area contributed by atoms with Crippen LogP contribution in [0, 0.1) is 0 Å². The van der Waals surface area contributed by atoms with Gasteiger partial charge in [0.05, 0.1) is 23.3 Å². The number of anilines is 1. The lowest BCUT2D eigenvalue weighted by Crippen LogP contribution is -2.31. The molecular weight excluding hydrogens is 508 g/mol. The smallest absolute Gasteiger partial charge is 0.267 e. The Balaban J connectivity index is 1.61. The molecule has 2 aromatic carbocycles. The number of methoxy groups -OCH3 is 1. The van der Waals surface area contributed by atoms with Crippen LogP contribution in [0.25, 0.3) is 5.57 Å². The van der Waals surface area contributed by atoms with Crippen molar-refractivity contribution < 1.29 is 14.3 Å². The van der Waals surface area contributed by atoms with Gasteiger partial charge in [-0.1, -0.05) is 65.4 Å². The zero-order valence-corrected chi connectivity index (χ0v) is 21.1. The van der Waals surface area contributed by atoms with Crippen LogP contribution in [0.3, 0.4) is 0 Å². The summed E-state index contributed by atoms with van der Waals surface area (Å²) in [7, 11) is 1.63. The molecule has 1 saturated heterocycles. The third-order valence-corrected chi connectivity index (χ3v) is 7.51. The van der Waals surface area contributed by atoms with E-state index in [4.69, 9.17) is 17.0 Å². The second-order valence-electron chi connectivity index (χ2n) is 7.60. The van der Waals surface area contributed by atoms with Crippen molar-refractivity contribution in [2.75, 3.05) is 25.1 Å². The van der Waals surface area contributed by atoms with Crippen molar-refractivity contribution >= 4 is 67.3 Å². The summed E-state index contributed by atoms with van der Waals surface area (Å²) in [5.41, 5.74) is 3.19. The number of carbonyl (C=O) groups excluding carboxylic acids is 2. The van der Waals surface area contributed by atoms with Crippen molar-refractivity contribution in [2.45, 2.75) is 26.2 Å². The minimum absolute atomic E-state index is 0.123. The van der Waals surface area contributed by atoms with Crippen LogP contribution in [-0.4, -0.2) is 41.2 Å². The summed E-state index contributed by atoms with van der Waals surface area (Å²) in [5.74, 6) is 0.476. The molecule has 2 aliphatic heterocycles. The molecule has 5 nitrogen and oxygen atoms in total. The Morgan fingerprint density at radius 1 is 1.03 bits per heavy atom. The second-order valence-corrected chi connectivity index (χ2v) is 10.2. The molecule has 1 fully saturated rings. The van der Waals surface area contributed by atoms with Gasteiger partial charge in [0.25, 0.3) is 11.8 Å². The Morgan fingerprint density at radius 2 is 1.78 bits per heavy atom. The summed E-state index contributed by atoms with van der Waals surface area (Å²) >= 11 is 10.3. The molecule has 0 saturated carbocycles. The van der Waals surface area contributed by atoms with E-state index in [1.54, 1.807) is 16.9 Å². The van der Waals surface area contributed by atoms with Crippen molar-refractivity contribution in [1.82, 2.24) is 4.90 Å². The van der Waals surface area contributed by atoms with Gasteiger partial charge in [0.15, 0.2) is 0 Å². The molecule has 0 aromatic heterocycles. The Bertz CT molecular complexity index is 1110. The Labute approximate surface area is 205 Å². The molecule has 2 aromatic rings. The highest BCUT2D eigenvalue weighted by Gasteiger charge is 2.41. The molecule has 2 aliphatic rings. The number of amides is 2. The number of nitrogens with zero attached hydrogens (tertiary/aromatic N) is 2. The molecule has 0 N–H and O–H groups in total. The zero-order valence-electron chi connectivity index (χ0n) is 17.9. The number of rotatable bonds is 7. The fraction of sp³-hybridized carbons (Fsp3) is 0.292. The molecule has 2 amide bonds. The fourth-order valence-electron chi connectivity index (χ4n) is 3.84. The van der Waals surface area contributed by atoms with Crippen molar-refractivity contribution in [3.63, 3.8) is 0 Å². The first-order valence-electron chi connectivity index (χ1n) is 10.5. The van der Waals surface area contributed by atoms with Gasteiger partial charge in [-0.25, -0.2) is 0 Å². The third-order valence-electron chi connectivity index (χ3n) is 5.57. The number of halogens is 1. The number of thiocarbonyl (C=S) groups is 1.